The van der Waals surface area contributed by atoms with Crippen LogP contribution in [0.4, 0.5) is 5.69 Å². The van der Waals surface area contributed by atoms with E-state index in [0.717, 1.165) is 10.8 Å². The summed E-state index contributed by atoms with van der Waals surface area (Å²) in [6.45, 7) is 5.46. The fourth-order valence-electron chi connectivity index (χ4n) is 2.86. The van der Waals surface area contributed by atoms with E-state index in [4.69, 9.17) is 4.74 Å². The number of rotatable bonds is 6. The van der Waals surface area contributed by atoms with Crippen LogP contribution >= 0.6 is 0 Å². The molecule has 0 saturated carbocycles. The van der Waals surface area contributed by atoms with Crippen molar-refractivity contribution >= 4 is 28.3 Å². The third kappa shape index (κ3) is 4.68. The highest BCUT2D eigenvalue weighted by Crippen LogP contribution is 2.22. The summed E-state index contributed by atoms with van der Waals surface area (Å²) in [5.74, 6) is 0.0687. The molecule has 0 spiro atoms. The van der Waals surface area contributed by atoms with Gasteiger partial charge >= 0.3 is 0 Å². The van der Waals surface area contributed by atoms with Crippen molar-refractivity contribution in [1.29, 1.82) is 0 Å². The van der Waals surface area contributed by atoms with Crippen LogP contribution in [0.5, 0.6) is 5.75 Å². The van der Waals surface area contributed by atoms with Gasteiger partial charge in [-0.25, -0.2) is 0 Å². The summed E-state index contributed by atoms with van der Waals surface area (Å²) in [5.41, 5.74) is 0.877. The van der Waals surface area contributed by atoms with Gasteiger partial charge in [-0.3, -0.25) is 9.59 Å². The zero-order valence-corrected chi connectivity index (χ0v) is 16.2. The maximum absolute atomic E-state index is 12.6. The molecule has 0 fully saturated rings. The molecule has 0 aromatic heterocycles. The van der Waals surface area contributed by atoms with E-state index < -0.39 is 6.10 Å². The minimum absolute atomic E-state index is 0.00594. The van der Waals surface area contributed by atoms with Crippen molar-refractivity contribution < 1.29 is 14.3 Å². The van der Waals surface area contributed by atoms with Crippen LogP contribution in [0.3, 0.4) is 0 Å². The number of fused-ring (bicyclic) bond motifs is 1. The van der Waals surface area contributed by atoms with Gasteiger partial charge in [0, 0.05) is 6.04 Å². The molecule has 5 heteroatoms. The van der Waals surface area contributed by atoms with Gasteiger partial charge in [0.2, 0.25) is 0 Å². The highest BCUT2D eigenvalue weighted by molar-refractivity contribution is 6.04. The van der Waals surface area contributed by atoms with Gasteiger partial charge < -0.3 is 15.4 Å². The smallest absolute Gasteiger partial charge is 0.265 e. The Morgan fingerprint density at radius 3 is 2.29 bits per heavy atom. The van der Waals surface area contributed by atoms with E-state index in [0.29, 0.717) is 17.0 Å². The van der Waals surface area contributed by atoms with Crippen LogP contribution in [0.2, 0.25) is 0 Å². The van der Waals surface area contributed by atoms with Crippen molar-refractivity contribution in [3.8, 4) is 5.75 Å². The minimum Gasteiger partial charge on any atom is -0.481 e. The quantitative estimate of drug-likeness (QED) is 0.671. The molecule has 2 amide bonds. The van der Waals surface area contributed by atoms with Crippen molar-refractivity contribution in [3.63, 3.8) is 0 Å². The summed E-state index contributed by atoms with van der Waals surface area (Å²) < 4.78 is 5.81. The number of carbonyl (C=O) groups is 2. The van der Waals surface area contributed by atoms with Crippen LogP contribution in [0, 0.1) is 0 Å². The predicted molar refractivity (Wildman–Crippen MR) is 112 cm³/mol. The molecule has 0 bridgehead atoms. The van der Waals surface area contributed by atoms with Crippen LogP contribution in [0.15, 0.2) is 66.7 Å². The highest BCUT2D eigenvalue weighted by atomic mass is 16.5. The first kappa shape index (κ1) is 19.4. The van der Waals surface area contributed by atoms with Crippen molar-refractivity contribution in [2.75, 3.05) is 5.32 Å². The average Bonchev–Trinajstić information content (AvgIpc) is 2.67. The number of benzene rings is 3. The molecule has 1 atom stereocenters. The molecular weight excluding hydrogens is 352 g/mol. The number of anilines is 1. The molecule has 0 heterocycles. The Balaban J connectivity index is 1.71. The lowest BCUT2D eigenvalue weighted by atomic mass is 10.1. The van der Waals surface area contributed by atoms with Crippen molar-refractivity contribution in [2.45, 2.75) is 32.9 Å². The number of hydrogen-bond donors (Lipinski definition) is 2. The van der Waals surface area contributed by atoms with Gasteiger partial charge in [-0.05, 0) is 55.8 Å². The molecular formula is C23H24N2O3. The second kappa shape index (κ2) is 8.57. The van der Waals surface area contributed by atoms with Gasteiger partial charge in [0.25, 0.3) is 11.8 Å². The van der Waals surface area contributed by atoms with Crippen molar-refractivity contribution in [2.24, 2.45) is 0 Å². The lowest BCUT2D eigenvalue weighted by Crippen LogP contribution is -2.33. The average molecular weight is 376 g/mol. The summed E-state index contributed by atoms with van der Waals surface area (Å²) >= 11 is 0. The van der Waals surface area contributed by atoms with Crippen LogP contribution in [0.25, 0.3) is 10.8 Å². The maximum Gasteiger partial charge on any atom is 0.265 e. The highest BCUT2D eigenvalue weighted by Gasteiger charge is 2.19. The van der Waals surface area contributed by atoms with Gasteiger partial charge in [0.1, 0.15) is 5.75 Å². The molecule has 0 saturated heterocycles. The van der Waals surface area contributed by atoms with E-state index in [2.05, 4.69) is 10.6 Å². The molecule has 5 nitrogen and oxygen atoms in total. The standard InChI is InChI=1S/C23H24N2O3/c1-15(2)24-23(27)20-10-6-7-11-21(20)25-22(26)16(3)28-19-13-12-17-8-4-5-9-18(17)14-19/h4-16H,1-3H3,(H,24,27)(H,25,26)/t16-/m1/s1. The van der Waals surface area contributed by atoms with Crippen LogP contribution < -0.4 is 15.4 Å². The Morgan fingerprint density at radius 1 is 0.857 bits per heavy atom. The van der Waals surface area contributed by atoms with Gasteiger partial charge in [0.15, 0.2) is 6.10 Å². The zero-order chi connectivity index (χ0) is 20.1. The third-order valence-electron chi connectivity index (χ3n) is 4.25. The predicted octanol–water partition coefficient (Wildman–Crippen LogP) is 4.38. The Hall–Kier alpha value is -3.34. The zero-order valence-electron chi connectivity index (χ0n) is 16.2. The fourth-order valence-corrected chi connectivity index (χ4v) is 2.86. The molecule has 0 radical (unpaired) electrons. The summed E-state index contributed by atoms with van der Waals surface area (Å²) in [6, 6.07) is 20.6. The number of carbonyl (C=O) groups excluding carboxylic acids is 2. The molecule has 0 aliphatic carbocycles. The number of nitrogens with one attached hydrogen (secondary N) is 2. The Bertz CT molecular complexity index is 998. The van der Waals surface area contributed by atoms with Gasteiger partial charge in [-0.1, -0.05) is 42.5 Å². The monoisotopic (exact) mass is 376 g/mol. The summed E-state index contributed by atoms with van der Waals surface area (Å²) in [6.07, 6.45) is -0.720. The van der Waals surface area contributed by atoms with Gasteiger partial charge in [0.05, 0.1) is 11.3 Å². The second-order valence-electron chi connectivity index (χ2n) is 6.93. The van der Waals surface area contributed by atoms with E-state index in [9.17, 15) is 9.59 Å². The molecule has 3 rings (SSSR count). The first-order valence-corrected chi connectivity index (χ1v) is 9.30. The topological polar surface area (TPSA) is 67.4 Å². The SMILES string of the molecule is CC(C)NC(=O)c1ccccc1NC(=O)[C@@H](C)Oc1ccc2ccccc2c1. The van der Waals surface area contributed by atoms with E-state index in [1.54, 1.807) is 31.2 Å². The Labute approximate surface area is 164 Å². The molecule has 2 N–H and O–H groups in total. The Kier molecular flexibility index (Phi) is 5.94. The first-order chi connectivity index (χ1) is 13.4. The summed E-state index contributed by atoms with van der Waals surface area (Å²) in [4.78, 5) is 25.0. The lowest BCUT2D eigenvalue weighted by Gasteiger charge is -2.17. The first-order valence-electron chi connectivity index (χ1n) is 9.30. The molecule has 3 aromatic rings. The van der Waals surface area contributed by atoms with Crippen LogP contribution in [-0.4, -0.2) is 24.0 Å². The molecule has 0 aliphatic rings. The van der Waals surface area contributed by atoms with Crippen molar-refractivity contribution in [1.82, 2.24) is 5.32 Å². The Morgan fingerprint density at radius 2 is 1.54 bits per heavy atom. The fraction of sp³-hybridized carbons (Fsp3) is 0.217. The van der Waals surface area contributed by atoms with Gasteiger partial charge in [-0.15, -0.1) is 0 Å². The van der Waals surface area contributed by atoms with Crippen LogP contribution in [-0.2, 0) is 4.79 Å². The molecule has 0 unspecified atom stereocenters. The summed E-state index contributed by atoms with van der Waals surface area (Å²) in [5, 5.41) is 7.79. The second-order valence-corrected chi connectivity index (χ2v) is 6.93. The molecule has 144 valence electrons. The summed E-state index contributed by atoms with van der Waals surface area (Å²) in [7, 11) is 0. The normalized spacial score (nSPS) is 11.9. The van der Waals surface area contributed by atoms with E-state index in [1.165, 1.54) is 0 Å². The van der Waals surface area contributed by atoms with Crippen molar-refractivity contribution in [3.05, 3.63) is 72.3 Å². The van der Waals surface area contributed by atoms with E-state index >= 15 is 0 Å². The third-order valence-corrected chi connectivity index (χ3v) is 4.25. The maximum atomic E-state index is 12.6. The molecule has 3 aromatic carbocycles. The number of hydrogen-bond acceptors (Lipinski definition) is 3. The molecule has 0 aliphatic heterocycles. The minimum atomic E-state index is -0.720. The van der Waals surface area contributed by atoms with E-state index in [-0.39, 0.29) is 17.9 Å². The number of ether oxygens (including phenoxy) is 1. The number of para-hydroxylation sites is 1. The lowest BCUT2D eigenvalue weighted by molar-refractivity contribution is -0.122. The number of amides is 2. The van der Waals surface area contributed by atoms with Crippen LogP contribution in [0.1, 0.15) is 31.1 Å². The molecule has 28 heavy (non-hydrogen) atoms. The largest absolute Gasteiger partial charge is 0.481 e. The van der Waals surface area contributed by atoms with Gasteiger partial charge in [-0.2, -0.15) is 0 Å². The van der Waals surface area contributed by atoms with E-state index in [1.807, 2.05) is 56.3 Å².